The number of halogens is 2. The standard InChI is InChI=1S/C15H20ClFN2O/c1-11(2)10-20-8-7-19-14-9-12(17)3-4-13(14)18-15(19)5-6-16/h3-4,9,11H,5-8,10H2,1-2H3. The van der Waals surface area contributed by atoms with Crippen LogP contribution in [0.1, 0.15) is 19.7 Å². The smallest absolute Gasteiger partial charge is 0.125 e. The third kappa shape index (κ3) is 3.70. The first-order valence-electron chi connectivity index (χ1n) is 6.90. The van der Waals surface area contributed by atoms with Crippen molar-refractivity contribution in [1.82, 2.24) is 9.55 Å². The van der Waals surface area contributed by atoms with E-state index in [2.05, 4.69) is 18.8 Å². The summed E-state index contributed by atoms with van der Waals surface area (Å²) in [6, 6.07) is 4.65. The van der Waals surface area contributed by atoms with Crippen molar-refractivity contribution in [2.24, 2.45) is 5.92 Å². The summed E-state index contributed by atoms with van der Waals surface area (Å²) in [6.45, 7) is 6.21. The zero-order chi connectivity index (χ0) is 14.5. The van der Waals surface area contributed by atoms with Gasteiger partial charge in [0.1, 0.15) is 11.6 Å². The minimum atomic E-state index is -0.251. The van der Waals surface area contributed by atoms with Crippen LogP contribution in [0.3, 0.4) is 0 Å². The number of alkyl halides is 1. The molecule has 0 unspecified atom stereocenters. The quantitative estimate of drug-likeness (QED) is 0.576. The predicted octanol–water partition coefficient (Wildman–Crippen LogP) is 3.63. The van der Waals surface area contributed by atoms with Crippen molar-refractivity contribution in [3.05, 3.63) is 29.8 Å². The van der Waals surface area contributed by atoms with E-state index >= 15 is 0 Å². The summed E-state index contributed by atoms with van der Waals surface area (Å²) in [5.74, 6) is 1.64. The van der Waals surface area contributed by atoms with Crippen LogP contribution in [-0.2, 0) is 17.7 Å². The van der Waals surface area contributed by atoms with Crippen LogP contribution in [0.25, 0.3) is 11.0 Å². The summed E-state index contributed by atoms with van der Waals surface area (Å²) < 4.78 is 21.0. The lowest BCUT2D eigenvalue weighted by molar-refractivity contribution is 0.103. The zero-order valence-electron chi connectivity index (χ0n) is 11.9. The van der Waals surface area contributed by atoms with Crippen LogP contribution < -0.4 is 0 Å². The number of ether oxygens (including phenoxy) is 1. The molecular formula is C15H20ClFN2O. The van der Waals surface area contributed by atoms with Crippen molar-refractivity contribution in [3.63, 3.8) is 0 Å². The van der Waals surface area contributed by atoms with E-state index in [4.69, 9.17) is 16.3 Å². The van der Waals surface area contributed by atoms with Gasteiger partial charge < -0.3 is 9.30 Å². The maximum Gasteiger partial charge on any atom is 0.125 e. The van der Waals surface area contributed by atoms with Crippen LogP contribution >= 0.6 is 11.6 Å². The molecule has 0 saturated heterocycles. The average molecular weight is 299 g/mol. The zero-order valence-corrected chi connectivity index (χ0v) is 12.7. The summed E-state index contributed by atoms with van der Waals surface area (Å²) in [7, 11) is 0. The molecule has 2 rings (SSSR count). The second-order valence-electron chi connectivity index (χ2n) is 5.22. The Morgan fingerprint density at radius 1 is 1.40 bits per heavy atom. The molecule has 0 aliphatic carbocycles. The molecule has 3 nitrogen and oxygen atoms in total. The Labute approximate surface area is 123 Å². The second kappa shape index (κ2) is 7.04. The van der Waals surface area contributed by atoms with Gasteiger partial charge >= 0.3 is 0 Å². The fourth-order valence-corrected chi connectivity index (χ4v) is 2.31. The molecular weight excluding hydrogens is 279 g/mol. The van der Waals surface area contributed by atoms with Crippen molar-refractivity contribution >= 4 is 22.6 Å². The third-order valence-corrected chi connectivity index (χ3v) is 3.21. The van der Waals surface area contributed by atoms with Crippen molar-refractivity contribution in [2.45, 2.75) is 26.8 Å². The van der Waals surface area contributed by atoms with E-state index in [9.17, 15) is 4.39 Å². The highest BCUT2D eigenvalue weighted by atomic mass is 35.5. The summed E-state index contributed by atoms with van der Waals surface area (Å²) in [4.78, 5) is 4.51. The Balaban J connectivity index is 2.19. The predicted molar refractivity (Wildman–Crippen MR) is 79.8 cm³/mol. The van der Waals surface area contributed by atoms with Gasteiger partial charge in [0.2, 0.25) is 0 Å². The Bertz CT molecular complexity index is 568. The molecule has 0 aliphatic heterocycles. The molecule has 1 aromatic heterocycles. The molecule has 1 heterocycles. The SMILES string of the molecule is CC(C)COCCn1c(CCCl)nc2ccc(F)cc21. The number of benzene rings is 1. The van der Waals surface area contributed by atoms with Gasteiger partial charge in [-0.15, -0.1) is 11.6 Å². The number of hydrogen-bond acceptors (Lipinski definition) is 2. The Hall–Kier alpha value is -1.13. The number of fused-ring (bicyclic) bond motifs is 1. The summed E-state index contributed by atoms with van der Waals surface area (Å²) >= 11 is 5.81. The van der Waals surface area contributed by atoms with Gasteiger partial charge in [-0.3, -0.25) is 0 Å². The molecule has 0 fully saturated rings. The Morgan fingerprint density at radius 2 is 2.20 bits per heavy atom. The van der Waals surface area contributed by atoms with Crippen molar-refractivity contribution in [2.75, 3.05) is 19.1 Å². The molecule has 1 aromatic carbocycles. The van der Waals surface area contributed by atoms with Gasteiger partial charge in [0, 0.05) is 25.5 Å². The molecule has 0 spiro atoms. The largest absolute Gasteiger partial charge is 0.379 e. The highest BCUT2D eigenvalue weighted by Gasteiger charge is 2.11. The number of nitrogens with zero attached hydrogens (tertiary/aromatic N) is 2. The van der Waals surface area contributed by atoms with Crippen LogP contribution in [0.2, 0.25) is 0 Å². The van der Waals surface area contributed by atoms with Gasteiger partial charge in [-0.05, 0) is 24.1 Å². The topological polar surface area (TPSA) is 27.1 Å². The van der Waals surface area contributed by atoms with Crippen LogP contribution in [-0.4, -0.2) is 28.6 Å². The summed E-state index contributed by atoms with van der Waals surface area (Å²) in [6.07, 6.45) is 0.669. The van der Waals surface area contributed by atoms with E-state index in [0.717, 1.165) is 23.5 Å². The normalized spacial score (nSPS) is 11.7. The molecule has 20 heavy (non-hydrogen) atoms. The lowest BCUT2D eigenvalue weighted by Crippen LogP contribution is -2.12. The number of rotatable bonds is 7. The maximum atomic E-state index is 13.4. The van der Waals surface area contributed by atoms with E-state index in [1.165, 1.54) is 12.1 Å². The second-order valence-corrected chi connectivity index (χ2v) is 5.60. The minimum absolute atomic E-state index is 0.251. The lowest BCUT2D eigenvalue weighted by atomic mass is 10.2. The van der Waals surface area contributed by atoms with Crippen LogP contribution in [0.4, 0.5) is 4.39 Å². The molecule has 0 N–H and O–H groups in total. The monoisotopic (exact) mass is 298 g/mol. The first-order chi connectivity index (χ1) is 9.61. The number of hydrogen-bond donors (Lipinski definition) is 0. The van der Waals surface area contributed by atoms with E-state index in [1.807, 2.05) is 4.57 Å². The van der Waals surface area contributed by atoms with E-state index in [0.29, 0.717) is 31.4 Å². The minimum Gasteiger partial charge on any atom is -0.379 e. The Kier molecular flexibility index (Phi) is 5.38. The van der Waals surface area contributed by atoms with E-state index in [-0.39, 0.29) is 5.82 Å². The van der Waals surface area contributed by atoms with E-state index < -0.39 is 0 Å². The lowest BCUT2D eigenvalue weighted by Gasteiger charge is -2.10. The molecule has 0 bridgehead atoms. The first-order valence-corrected chi connectivity index (χ1v) is 7.43. The molecule has 2 aromatic rings. The molecule has 0 saturated carbocycles. The van der Waals surface area contributed by atoms with Gasteiger partial charge in [0.05, 0.1) is 17.6 Å². The van der Waals surface area contributed by atoms with Crippen molar-refractivity contribution in [3.8, 4) is 0 Å². The fourth-order valence-electron chi connectivity index (χ4n) is 2.15. The van der Waals surface area contributed by atoms with Crippen LogP contribution in [0, 0.1) is 11.7 Å². The molecule has 0 amide bonds. The average Bonchev–Trinajstić information content (AvgIpc) is 2.72. The van der Waals surface area contributed by atoms with E-state index in [1.54, 1.807) is 6.07 Å². The van der Waals surface area contributed by atoms with Crippen molar-refractivity contribution in [1.29, 1.82) is 0 Å². The molecule has 0 aliphatic rings. The molecule has 0 radical (unpaired) electrons. The number of imidazole rings is 1. The fraction of sp³-hybridized carbons (Fsp3) is 0.533. The van der Waals surface area contributed by atoms with Gasteiger partial charge in [-0.2, -0.15) is 0 Å². The first kappa shape index (κ1) is 15.3. The van der Waals surface area contributed by atoms with Crippen LogP contribution in [0.15, 0.2) is 18.2 Å². The van der Waals surface area contributed by atoms with Gasteiger partial charge in [-0.25, -0.2) is 9.37 Å². The number of aryl methyl sites for hydroxylation is 1. The van der Waals surface area contributed by atoms with Crippen molar-refractivity contribution < 1.29 is 9.13 Å². The highest BCUT2D eigenvalue weighted by molar-refractivity contribution is 6.17. The molecule has 0 atom stereocenters. The number of aromatic nitrogens is 2. The van der Waals surface area contributed by atoms with Gasteiger partial charge in [-0.1, -0.05) is 13.8 Å². The van der Waals surface area contributed by atoms with Gasteiger partial charge in [0.15, 0.2) is 0 Å². The highest BCUT2D eigenvalue weighted by Crippen LogP contribution is 2.18. The summed E-state index contributed by atoms with van der Waals surface area (Å²) in [5, 5.41) is 0. The van der Waals surface area contributed by atoms with Gasteiger partial charge in [0.25, 0.3) is 0 Å². The molecule has 110 valence electrons. The van der Waals surface area contributed by atoms with Crippen LogP contribution in [0.5, 0.6) is 0 Å². The molecule has 5 heteroatoms. The summed E-state index contributed by atoms with van der Waals surface area (Å²) in [5.41, 5.74) is 1.61. The maximum absolute atomic E-state index is 13.4. The third-order valence-electron chi connectivity index (χ3n) is 3.02. The Morgan fingerprint density at radius 3 is 2.90 bits per heavy atom.